The Morgan fingerprint density at radius 1 is 1.38 bits per heavy atom. The van der Waals surface area contributed by atoms with Crippen molar-refractivity contribution in [3.8, 4) is 0 Å². The molecule has 1 aliphatic heterocycles. The molecule has 126 valence electrons. The highest BCUT2D eigenvalue weighted by atomic mass is 79.9. The molecule has 1 atom stereocenters. The standard InChI is InChI=1S/C18H21BrN4O/c1-12-4-3-9-23(11-12)17(24)16-7-8-20-18(22-16)21-14-5-6-15(19)13(2)10-14/h5-8,10,12H,3-4,9,11H2,1-2H3,(H,20,21,22). The highest BCUT2D eigenvalue weighted by molar-refractivity contribution is 9.10. The van der Waals surface area contributed by atoms with E-state index in [0.717, 1.165) is 35.2 Å². The van der Waals surface area contributed by atoms with E-state index in [-0.39, 0.29) is 5.91 Å². The normalized spacial score (nSPS) is 17.6. The van der Waals surface area contributed by atoms with Gasteiger partial charge in [0.1, 0.15) is 5.69 Å². The number of nitrogens with one attached hydrogen (secondary N) is 1. The molecule has 2 heterocycles. The zero-order valence-corrected chi connectivity index (χ0v) is 15.5. The van der Waals surface area contributed by atoms with Crippen LogP contribution in [0.25, 0.3) is 0 Å². The first-order chi connectivity index (χ1) is 11.5. The third-order valence-electron chi connectivity index (χ3n) is 4.23. The lowest BCUT2D eigenvalue weighted by Crippen LogP contribution is -2.39. The summed E-state index contributed by atoms with van der Waals surface area (Å²) in [5, 5.41) is 3.17. The molecule has 5 nitrogen and oxygen atoms in total. The molecule has 3 rings (SSSR count). The van der Waals surface area contributed by atoms with Crippen molar-refractivity contribution in [1.82, 2.24) is 14.9 Å². The molecule has 2 aromatic rings. The van der Waals surface area contributed by atoms with Gasteiger partial charge in [-0.1, -0.05) is 22.9 Å². The Labute approximate surface area is 150 Å². The van der Waals surface area contributed by atoms with Crippen molar-refractivity contribution in [1.29, 1.82) is 0 Å². The molecule has 0 radical (unpaired) electrons. The van der Waals surface area contributed by atoms with Crippen molar-refractivity contribution in [2.24, 2.45) is 5.92 Å². The molecule has 1 saturated heterocycles. The number of halogens is 1. The van der Waals surface area contributed by atoms with E-state index in [1.165, 1.54) is 6.42 Å². The highest BCUT2D eigenvalue weighted by Gasteiger charge is 2.23. The van der Waals surface area contributed by atoms with Crippen molar-refractivity contribution in [2.45, 2.75) is 26.7 Å². The maximum absolute atomic E-state index is 12.7. The fourth-order valence-corrected chi connectivity index (χ4v) is 3.17. The van der Waals surface area contributed by atoms with Crippen LogP contribution in [-0.4, -0.2) is 33.9 Å². The van der Waals surface area contributed by atoms with Gasteiger partial charge in [0, 0.05) is 29.4 Å². The number of piperidine rings is 1. The average molecular weight is 389 g/mol. The smallest absolute Gasteiger partial charge is 0.272 e. The monoisotopic (exact) mass is 388 g/mol. The van der Waals surface area contributed by atoms with Gasteiger partial charge in [-0.15, -0.1) is 0 Å². The SMILES string of the molecule is Cc1cc(Nc2nccc(C(=O)N3CCCC(C)C3)n2)ccc1Br. The molecule has 1 N–H and O–H groups in total. The van der Waals surface area contributed by atoms with Crippen LogP contribution < -0.4 is 5.32 Å². The highest BCUT2D eigenvalue weighted by Crippen LogP contribution is 2.22. The molecule has 0 spiro atoms. The van der Waals surface area contributed by atoms with Crippen molar-refractivity contribution < 1.29 is 4.79 Å². The molecule has 0 aliphatic carbocycles. The molecule has 0 saturated carbocycles. The Kier molecular flexibility index (Phi) is 5.14. The minimum Gasteiger partial charge on any atom is -0.337 e. The lowest BCUT2D eigenvalue weighted by molar-refractivity contribution is 0.0677. The van der Waals surface area contributed by atoms with Crippen LogP contribution in [0.1, 0.15) is 35.8 Å². The molecule has 0 bridgehead atoms. The molecule has 24 heavy (non-hydrogen) atoms. The molecule has 1 aromatic carbocycles. The summed E-state index contributed by atoms with van der Waals surface area (Å²) in [5.41, 5.74) is 2.46. The minimum absolute atomic E-state index is 0.0148. The van der Waals surface area contributed by atoms with Crippen LogP contribution >= 0.6 is 15.9 Å². The first-order valence-corrected chi connectivity index (χ1v) is 8.98. The molecule has 1 aliphatic rings. The number of hydrogen-bond acceptors (Lipinski definition) is 4. The van der Waals surface area contributed by atoms with Crippen LogP contribution in [0.5, 0.6) is 0 Å². The number of aryl methyl sites for hydroxylation is 1. The Balaban J connectivity index is 1.76. The predicted molar refractivity (Wildman–Crippen MR) is 98.5 cm³/mol. The molecular weight excluding hydrogens is 368 g/mol. The summed E-state index contributed by atoms with van der Waals surface area (Å²) in [7, 11) is 0. The molecule has 1 unspecified atom stereocenters. The maximum atomic E-state index is 12.7. The van der Waals surface area contributed by atoms with Crippen molar-refractivity contribution in [2.75, 3.05) is 18.4 Å². The fourth-order valence-electron chi connectivity index (χ4n) is 2.93. The number of likely N-dealkylation sites (tertiary alicyclic amines) is 1. The Morgan fingerprint density at radius 3 is 2.96 bits per heavy atom. The van der Waals surface area contributed by atoms with E-state index in [9.17, 15) is 4.79 Å². The van der Waals surface area contributed by atoms with Crippen LogP contribution in [0.2, 0.25) is 0 Å². The number of aromatic nitrogens is 2. The zero-order chi connectivity index (χ0) is 17.1. The number of benzene rings is 1. The lowest BCUT2D eigenvalue weighted by Gasteiger charge is -2.30. The number of rotatable bonds is 3. The van der Waals surface area contributed by atoms with E-state index in [1.54, 1.807) is 12.3 Å². The van der Waals surface area contributed by atoms with Gasteiger partial charge in [-0.25, -0.2) is 9.97 Å². The summed E-state index contributed by atoms with van der Waals surface area (Å²) in [6.45, 7) is 5.81. The van der Waals surface area contributed by atoms with E-state index >= 15 is 0 Å². The topological polar surface area (TPSA) is 58.1 Å². The first-order valence-electron chi connectivity index (χ1n) is 8.18. The van der Waals surface area contributed by atoms with E-state index in [1.807, 2.05) is 30.0 Å². The third kappa shape index (κ3) is 3.93. The largest absolute Gasteiger partial charge is 0.337 e. The van der Waals surface area contributed by atoms with E-state index < -0.39 is 0 Å². The molecule has 1 aromatic heterocycles. The summed E-state index contributed by atoms with van der Waals surface area (Å²) in [6.07, 6.45) is 3.87. The van der Waals surface area contributed by atoms with Crippen LogP contribution in [0.4, 0.5) is 11.6 Å². The number of nitrogens with zero attached hydrogens (tertiary/aromatic N) is 3. The number of carbonyl (C=O) groups excluding carboxylic acids is 1. The second-order valence-electron chi connectivity index (χ2n) is 6.35. The summed E-state index contributed by atoms with van der Waals surface area (Å²) in [4.78, 5) is 23.2. The second kappa shape index (κ2) is 7.30. The summed E-state index contributed by atoms with van der Waals surface area (Å²) >= 11 is 3.49. The minimum atomic E-state index is -0.0148. The van der Waals surface area contributed by atoms with Crippen LogP contribution in [0, 0.1) is 12.8 Å². The number of anilines is 2. The van der Waals surface area contributed by atoms with Gasteiger partial charge in [0.05, 0.1) is 0 Å². The second-order valence-corrected chi connectivity index (χ2v) is 7.21. The van der Waals surface area contributed by atoms with Crippen molar-refractivity contribution in [3.05, 3.63) is 46.2 Å². The zero-order valence-electron chi connectivity index (χ0n) is 13.9. The molecular formula is C18H21BrN4O. The quantitative estimate of drug-likeness (QED) is 0.857. The number of amides is 1. The lowest BCUT2D eigenvalue weighted by atomic mass is 10.00. The predicted octanol–water partition coefficient (Wildman–Crippen LogP) is 4.16. The summed E-state index contributed by atoms with van der Waals surface area (Å²) < 4.78 is 1.05. The van der Waals surface area contributed by atoms with Crippen LogP contribution in [-0.2, 0) is 0 Å². The van der Waals surface area contributed by atoms with Gasteiger partial charge in [0.2, 0.25) is 5.95 Å². The van der Waals surface area contributed by atoms with Gasteiger partial charge in [-0.2, -0.15) is 0 Å². The van der Waals surface area contributed by atoms with Gasteiger partial charge < -0.3 is 10.2 Å². The Hall–Kier alpha value is -1.95. The average Bonchev–Trinajstić information content (AvgIpc) is 2.58. The summed E-state index contributed by atoms with van der Waals surface area (Å²) in [5.74, 6) is 0.972. The van der Waals surface area contributed by atoms with E-state index in [2.05, 4.69) is 38.1 Å². The van der Waals surface area contributed by atoms with E-state index in [0.29, 0.717) is 17.6 Å². The van der Waals surface area contributed by atoms with Gasteiger partial charge in [-0.05, 0) is 55.5 Å². The molecule has 6 heteroatoms. The molecule has 1 fully saturated rings. The summed E-state index contributed by atoms with van der Waals surface area (Å²) in [6, 6.07) is 7.61. The first kappa shape index (κ1) is 16.9. The maximum Gasteiger partial charge on any atom is 0.272 e. The number of carbonyl (C=O) groups is 1. The third-order valence-corrected chi connectivity index (χ3v) is 5.12. The van der Waals surface area contributed by atoms with Crippen LogP contribution in [0.3, 0.4) is 0 Å². The van der Waals surface area contributed by atoms with Crippen LogP contribution in [0.15, 0.2) is 34.9 Å². The van der Waals surface area contributed by atoms with Gasteiger partial charge in [0.25, 0.3) is 5.91 Å². The number of hydrogen-bond donors (Lipinski definition) is 1. The van der Waals surface area contributed by atoms with Gasteiger partial charge in [-0.3, -0.25) is 4.79 Å². The van der Waals surface area contributed by atoms with E-state index in [4.69, 9.17) is 0 Å². The van der Waals surface area contributed by atoms with Gasteiger partial charge >= 0.3 is 0 Å². The van der Waals surface area contributed by atoms with Crippen molar-refractivity contribution >= 4 is 33.5 Å². The fraction of sp³-hybridized carbons (Fsp3) is 0.389. The van der Waals surface area contributed by atoms with Gasteiger partial charge in [0.15, 0.2) is 0 Å². The van der Waals surface area contributed by atoms with Crippen molar-refractivity contribution in [3.63, 3.8) is 0 Å². The molecule has 1 amide bonds. The Bertz CT molecular complexity index is 750. The Morgan fingerprint density at radius 2 is 2.21 bits per heavy atom.